The summed E-state index contributed by atoms with van der Waals surface area (Å²) in [7, 11) is 2.84. The number of ether oxygens (including phenoxy) is 2. The van der Waals surface area contributed by atoms with Crippen LogP contribution in [0, 0.1) is 0 Å². The number of nitrogens with one attached hydrogen (secondary N) is 1. The summed E-state index contributed by atoms with van der Waals surface area (Å²) in [6.45, 7) is -1.19. The molecule has 1 aromatic rings. The first-order valence-corrected chi connectivity index (χ1v) is 6.12. The highest BCUT2D eigenvalue weighted by Gasteiger charge is 2.29. The molecule has 114 valence electrons. The van der Waals surface area contributed by atoms with E-state index in [2.05, 4.69) is 5.32 Å². The number of nitrogens with two attached hydrogens (primary N) is 1. The molecule has 3 N–H and O–H groups in total. The van der Waals surface area contributed by atoms with Gasteiger partial charge in [-0.3, -0.25) is 0 Å². The minimum Gasteiger partial charge on any atom is -0.493 e. The molecule has 0 aliphatic heterocycles. The average molecular weight is 313 g/mol. The molecule has 20 heavy (non-hydrogen) atoms. The van der Waals surface area contributed by atoms with Crippen LogP contribution in [0.4, 0.5) is 13.2 Å². The highest BCUT2D eigenvalue weighted by Crippen LogP contribution is 2.39. The van der Waals surface area contributed by atoms with Gasteiger partial charge in [0.2, 0.25) is 0 Å². The Kier molecular flexibility index (Phi) is 5.91. The Morgan fingerprint density at radius 1 is 1.30 bits per heavy atom. The molecule has 0 spiro atoms. The van der Waals surface area contributed by atoms with Crippen molar-refractivity contribution < 1.29 is 22.6 Å². The van der Waals surface area contributed by atoms with Gasteiger partial charge in [0.05, 0.1) is 25.8 Å². The highest BCUT2D eigenvalue weighted by atomic mass is 35.5. The van der Waals surface area contributed by atoms with Crippen molar-refractivity contribution in [2.45, 2.75) is 12.2 Å². The van der Waals surface area contributed by atoms with E-state index in [1.807, 2.05) is 0 Å². The third-order valence-corrected chi connectivity index (χ3v) is 3.06. The second-order valence-corrected chi connectivity index (χ2v) is 4.37. The lowest BCUT2D eigenvalue weighted by atomic mass is 10.1. The van der Waals surface area contributed by atoms with Crippen molar-refractivity contribution in [1.82, 2.24) is 5.32 Å². The van der Waals surface area contributed by atoms with Gasteiger partial charge in [-0.15, -0.1) is 0 Å². The van der Waals surface area contributed by atoms with E-state index in [1.54, 1.807) is 12.1 Å². The lowest BCUT2D eigenvalue weighted by Crippen LogP contribution is -2.35. The molecular weight excluding hydrogens is 297 g/mol. The maximum atomic E-state index is 12.3. The number of alkyl halides is 3. The zero-order valence-corrected chi connectivity index (χ0v) is 11.8. The Morgan fingerprint density at radius 3 is 2.40 bits per heavy atom. The quantitative estimate of drug-likeness (QED) is 0.847. The summed E-state index contributed by atoms with van der Waals surface area (Å²) < 4.78 is 46.9. The van der Waals surface area contributed by atoms with E-state index < -0.39 is 18.8 Å². The predicted octanol–water partition coefficient (Wildman–Crippen LogP) is 2.51. The summed E-state index contributed by atoms with van der Waals surface area (Å²) >= 11 is 6.13. The summed E-state index contributed by atoms with van der Waals surface area (Å²) in [6.07, 6.45) is -4.32. The predicted molar refractivity (Wildman–Crippen MR) is 70.4 cm³/mol. The Morgan fingerprint density at radius 2 is 1.95 bits per heavy atom. The number of hydrogen-bond acceptors (Lipinski definition) is 4. The van der Waals surface area contributed by atoms with Crippen LogP contribution in [0.3, 0.4) is 0 Å². The van der Waals surface area contributed by atoms with Crippen molar-refractivity contribution >= 4 is 11.6 Å². The number of rotatable bonds is 6. The molecule has 1 aromatic carbocycles. The van der Waals surface area contributed by atoms with Gasteiger partial charge in [0.25, 0.3) is 0 Å². The number of methoxy groups -OCH3 is 2. The fourth-order valence-corrected chi connectivity index (χ4v) is 2.10. The Labute approximate surface area is 120 Å². The molecule has 0 aliphatic rings. The molecule has 0 amide bonds. The van der Waals surface area contributed by atoms with E-state index in [0.29, 0.717) is 11.3 Å². The molecule has 4 nitrogen and oxygen atoms in total. The molecule has 8 heteroatoms. The second-order valence-electron chi connectivity index (χ2n) is 3.99. The van der Waals surface area contributed by atoms with Crippen LogP contribution >= 0.6 is 11.6 Å². The summed E-state index contributed by atoms with van der Waals surface area (Å²) in [4.78, 5) is 0. The van der Waals surface area contributed by atoms with Gasteiger partial charge in [-0.25, -0.2) is 0 Å². The first-order valence-electron chi connectivity index (χ1n) is 5.74. The molecule has 0 bridgehead atoms. The lowest BCUT2D eigenvalue weighted by molar-refractivity contribution is -0.126. The molecule has 0 radical (unpaired) electrons. The molecule has 1 atom stereocenters. The van der Waals surface area contributed by atoms with Crippen LogP contribution in [-0.4, -0.2) is 33.5 Å². The summed E-state index contributed by atoms with van der Waals surface area (Å²) in [5.41, 5.74) is 5.93. The van der Waals surface area contributed by atoms with Crippen LogP contribution < -0.4 is 20.5 Å². The maximum Gasteiger partial charge on any atom is 0.401 e. The van der Waals surface area contributed by atoms with Crippen molar-refractivity contribution in [1.29, 1.82) is 0 Å². The first-order chi connectivity index (χ1) is 9.34. The molecular formula is C12H16ClF3N2O2. The third-order valence-electron chi connectivity index (χ3n) is 2.67. The van der Waals surface area contributed by atoms with Crippen LogP contribution in [0.5, 0.6) is 11.5 Å². The van der Waals surface area contributed by atoms with E-state index >= 15 is 0 Å². The molecule has 0 heterocycles. The highest BCUT2D eigenvalue weighted by molar-refractivity contribution is 6.33. The van der Waals surface area contributed by atoms with E-state index in [9.17, 15) is 13.2 Å². The van der Waals surface area contributed by atoms with Crippen molar-refractivity contribution in [2.24, 2.45) is 5.73 Å². The lowest BCUT2D eigenvalue weighted by Gasteiger charge is -2.21. The van der Waals surface area contributed by atoms with E-state index in [1.165, 1.54) is 14.2 Å². The van der Waals surface area contributed by atoms with Gasteiger partial charge in [0.1, 0.15) is 0 Å². The average Bonchev–Trinajstić information content (AvgIpc) is 2.39. The van der Waals surface area contributed by atoms with Crippen molar-refractivity contribution in [3.8, 4) is 11.5 Å². The molecule has 0 saturated carbocycles. The zero-order chi connectivity index (χ0) is 15.3. The second kappa shape index (κ2) is 7.01. The monoisotopic (exact) mass is 312 g/mol. The van der Waals surface area contributed by atoms with Gasteiger partial charge in [-0.2, -0.15) is 13.2 Å². The molecule has 0 saturated heterocycles. The number of halogens is 4. The van der Waals surface area contributed by atoms with Gasteiger partial charge in [0, 0.05) is 12.6 Å². The third kappa shape index (κ3) is 4.16. The molecule has 0 aromatic heterocycles. The van der Waals surface area contributed by atoms with Crippen LogP contribution in [0.15, 0.2) is 12.1 Å². The minimum absolute atomic E-state index is 0.0364. The zero-order valence-electron chi connectivity index (χ0n) is 11.1. The van der Waals surface area contributed by atoms with E-state index in [0.717, 1.165) is 0 Å². The maximum absolute atomic E-state index is 12.3. The van der Waals surface area contributed by atoms with E-state index in [4.69, 9.17) is 26.8 Å². The smallest absolute Gasteiger partial charge is 0.401 e. The first kappa shape index (κ1) is 16.9. The largest absolute Gasteiger partial charge is 0.493 e. The summed E-state index contributed by atoms with van der Waals surface area (Å²) in [6, 6.07) is 2.40. The molecule has 1 rings (SSSR count). The SMILES string of the molecule is COc1ccc(C(CN)NCC(F)(F)F)c(Cl)c1OC. The van der Waals surface area contributed by atoms with Gasteiger partial charge >= 0.3 is 6.18 Å². The normalized spacial score (nSPS) is 13.2. The topological polar surface area (TPSA) is 56.5 Å². The van der Waals surface area contributed by atoms with Gasteiger partial charge in [0.15, 0.2) is 11.5 Å². The van der Waals surface area contributed by atoms with Gasteiger partial charge in [-0.1, -0.05) is 17.7 Å². The van der Waals surface area contributed by atoms with Gasteiger partial charge in [-0.05, 0) is 11.6 Å². The van der Waals surface area contributed by atoms with Crippen molar-refractivity contribution in [3.05, 3.63) is 22.7 Å². The van der Waals surface area contributed by atoms with Crippen LogP contribution in [0.2, 0.25) is 5.02 Å². The van der Waals surface area contributed by atoms with E-state index in [-0.39, 0.29) is 17.3 Å². The standard InChI is InChI=1S/C12H16ClF3N2O2/c1-19-9-4-3-7(10(13)11(9)20-2)8(5-17)18-6-12(14,15)16/h3-4,8,18H,5-6,17H2,1-2H3. The van der Waals surface area contributed by atoms with Gasteiger partial charge < -0.3 is 20.5 Å². The number of hydrogen-bond donors (Lipinski definition) is 2. The Balaban J connectivity index is 3.04. The summed E-state index contributed by atoms with van der Waals surface area (Å²) in [5.74, 6) is 0.659. The fourth-order valence-electron chi connectivity index (χ4n) is 1.73. The molecule has 1 unspecified atom stereocenters. The fraction of sp³-hybridized carbons (Fsp3) is 0.500. The Bertz CT molecular complexity index is 455. The minimum atomic E-state index is -4.32. The van der Waals surface area contributed by atoms with Crippen LogP contribution in [-0.2, 0) is 0 Å². The van der Waals surface area contributed by atoms with Crippen LogP contribution in [0.25, 0.3) is 0 Å². The van der Waals surface area contributed by atoms with Crippen molar-refractivity contribution in [2.75, 3.05) is 27.3 Å². The molecule has 0 fully saturated rings. The number of benzene rings is 1. The van der Waals surface area contributed by atoms with Crippen molar-refractivity contribution in [3.63, 3.8) is 0 Å². The Hall–Kier alpha value is -1.18. The molecule has 0 aliphatic carbocycles. The van der Waals surface area contributed by atoms with Crippen LogP contribution in [0.1, 0.15) is 11.6 Å². The summed E-state index contributed by atoms with van der Waals surface area (Å²) in [5, 5.41) is 2.50.